The summed E-state index contributed by atoms with van der Waals surface area (Å²) in [4.78, 5) is 6.84. The molecule has 2 aromatic heterocycles. The van der Waals surface area contributed by atoms with Crippen molar-refractivity contribution >= 4 is 27.2 Å². The van der Waals surface area contributed by atoms with Crippen molar-refractivity contribution in [3.63, 3.8) is 0 Å². The number of rotatable bonds is 2. The van der Waals surface area contributed by atoms with Gasteiger partial charge in [0.25, 0.3) is 0 Å². The summed E-state index contributed by atoms with van der Waals surface area (Å²) in [5.74, 6) is 1.53. The van der Waals surface area contributed by atoms with Crippen molar-refractivity contribution in [2.45, 2.75) is 6.92 Å². The van der Waals surface area contributed by atoms with Gasteiger partial charge in [0.2, 0.25) is 6.79 Å². The van der Waals surface area contributed by atoms with Gasteiger partial charge in [-0.3, -0.25) is 0 Å². The van der Waals surface area contributed by atoms with Gasteiger partial charge < -0.3 is 15.2 Å². The molecule has 0 saturated carbocycles. The molecule has 0 fully saturated rings. The van der Waals surface area contributed by atoms with Crippen molar-refractivity contribution in [1.29, 1.82) is 0 Å². The third-order valence-electron chi connectivity index (χ3n) is 4.58. The van der Waals surface area contributed by atoms with Gasteiger partial charge in [-0.25, -0.2) is 4.98 Å². The van der Waals surface area contributed by atoms with E-state index in [1.54, 1.807) is 11.3 Å². The van der Waals surface area contributed by atoms with Crippen LogP contribution >= 0.6 is 11.3 Å². The number of aryl methyl sites for hydroxylation is 1. The minimum Gasteiger partial charge on any atom is -0.454 e. The van der Waals surface area contributed by atoms with E-state index < -0.39 is 0 Å². The first-order valence-electron chi connectivity index (χ1n) is 8.35. The maximum Gasteiger partial charge on any atom is 0.231 e. The number of aromatic nitrogens is 1. The summed E-state index contributed by atoms with van der Waals surface area (Å²) in [6.45, 7) is 2.35. The van der Waals surface area contributed by atoms with Crippen LogP contribution in [-0.4, -0.2) is 11.8 Å². The summed E-state index contributed by atoms with van der Waals surface area (Å²) in [6.07, 6.45) is 0. The zero-order valence-corrected chi connectivity index (χ0v) is 15.0. The molecule has 5 rings (SSSR count). The second-order valence-corrected chi connectivity index (χ2v) is 7.33. The van der Waals surface area contributed by atoms with Crippen molar-refractivity contribution in [3.05, 3.63) is 60.2 Å². The molecular weight excluding hydrogens is 344 g/mol. The number of nitrogens with two attached hydrogens (primary N) is 1. The first-order valence-corrected chi connectivity index (χ1v) is 9.17. The fourth-order valence-electron chi connectivity index (χ4n) is 3.13. The summed E-state index contributed by atoms with van der Waals surface area (Å²) in [7, 11) is 0. The minimum absolute atomic E-state index is 0.270. The van der Waals surface area contributed by atoms with E-state index in [2.05, 4.69) is 31.2 Å². The Morgan fingerprint density at radius 2 is 1.69 bits per heavy atom. The Morgan fingerprint density at radius 3 is 2.54 bits per heavy atom. The summed E-state index contributed by atoms with van der Waals surface area (Å²) in [5, 5.41) is 0.995. The molecular formula is C21H16N2O2S. The Kier molecular flexibility index (Phi) is 3.36. The van der Waals surface area contributed by atoms with E-state index in [0.717, 1.165) is 49.1 Å². The summed E-state index contributed by atoms with van der Waals surface area (Å²) >= 11 is 1.63. The Labute approximate surface area is 154 Å². The highest BCUT2D eigenvalue weighted by Crippen LogP contribution is 2.41. The molecule has 5 heteroatoms. The largest absolute Gasteiger partial charge is 0.454 e. The second kappa shape index (κ2) is 5.75. The fraction of sp³-hybridized carbons (Fsp3) is 0.0952. The van der Waals surface area contributed by atoms with E-state index in [-0.39, 0.29) is 6.79 Å². The zero-order valence-electron chi connectivity index (χ0n) is 14.2. The maximum absolute atomic E-state index is 6.41. The Balaban J connectivity index is 1.61. The van der Waals surface area contributed by atoms with Gasteiger partial charge in [-0.15, -0.1) is 11.3 Å². The standard InChI is InChI=1S/C21H16N2O2S/c1-12-2-4-13(5-3-12)20-19(22)15-7-8-16(23-21(15)26-20)14-6-9-17-18(10-14)25-11-24-17/h2-10H,11,22H2,1H3. The number of nitrogens with zero attached hydrogens (tertiary/aromatic N) is 1. The van der Waals surface area contributed by atoms with Crippen LogP contribution in [0.4, 0.5) is 5.69 Å². The predicted molar refractivity (Wildman–Crippen MR) is 106 cm³/mol. The lowest BCUT2D eigenvalue weighted by atomic mass is 10.1. The van der Waals surface area contributed by atoms with Crippen molar-refractivity contribution in [2.75, 3.05) is 12.5 Å². The molecule has 0 unspecified atom stereocenters. The molecule has 26 heavy (non-hydrogen) atoms. The van der Waals surface area contributed by atoms with Crippen LogP contribution in [0.15, 0.2) is 54.6 Å². The van der Waals surface area contributed by atoms with E-state index in [0.29, 0.717) is 0 Å². The van der Waals surface area contributed by atoms with Crippen LogP contribution < -0.4 is 15.2 Å². The summed E-state index contributed by atoms with van der Waals surface area (Å²) in [6, 6.07) is 18.4. The highest BCUT2D eigenvalue weighted by molar-refractivity contribution is 7.22. The van der Waals surface area contributed by atoms with Gasteiger partial charge in [-0.2, -0.15) is 0 Å². The normalized spacial score (nSPS) is 12.7. The molecule has 2 N–H and O–H groups in total. The second-order valence-electron chi connectivity index (χ2n) is 6.33. The van der Waals surface area contributed by atoms with E-state index in [4.69, 9.17) is 20.2 Å². The topological polar surface area (TPSA) is 57.4 Å². The zero-order chi connectivity index (χ0) is 17.7. The highest BCUT2D eigenvalue weighted by atomic mass is 32.1. The number of hydrogen-bond acceptors (Lipinski definition) is 5. The molecule has 0 bridgehead atoms. The SMILES string of the molecule is Cc1ccc(-c2sc3nc(-c4ccc5c(c4)OCO5)ccc3c2N)cc1. The smallest absolute Gasteiger partial charge is 0.231 e. The molecule has 4 aromatic rings. The Hall–Kier alpha value is -3.05. The molecule has 3 heterocycles. The quantitative estimate of drug-likeness (QED) is 0.530. The fourth-order valence-corrected chi connectivity index (χ4v) is 4.23. The molecule has 128 valence electrons. The number of nitrogen functional groups attached to an aromatic ring is 1. The lowest BCUT2D eigenvalue weighted by molar-refractivity contribution is 0.174. The maximum atomic E-state index is 6.41. The molecule has 1 aliphatic rings. The number of ether oxygens (including phenoxy) is 2. The average molecular weight is 360 g/mol. The van der Waals surface area contributed by atoms with Crippen LogP contribution in [-0.2, 0) is 0 Å². The van der Waals surface area contributed by atoms with Crippen LogP contribution in [0.2, 0.25) is 0 Å². The van der Waals surface area contributed by atoms with Crippen LogP contribution in [0.25, 0.3) is 31.9 Å². The number of pyridine rings is 1. The van der Waals surface area contributed by atoms with Crippen molar-refractivity contribution < 1.29 is 9.47 Å². The molecule has 1 aliphatic heterocycles. The van der Waals surface area contributed by atoms with Gasteiger partial charge in [-0.05, 0) is 42.8 Å². The van der Waals surface area contributed by atoms with Gasteiger partial charge in [0.1, 0.15) is 4.83 Å². The number of hydrogen-bond donors (Lipinski definition) is 1. The lowest BCUT2D eigenvalue weighted by Crippen LogP contribution is -1.92. The van der Waals surface area contributed by atoms with E-state index in [1.807, 2.05) is 30.3 Å². The lowest BCUT2D eigenvalue weighted by Gasteiger charge is -2.03. The molecule has 4 nitrogen and oxygen atoms in total. The van der Waals surface area contributed by atoms with Gasteiger partial charge in [-0.1, -0.05) is 29.8 Å². The van der Waals surface area contributed by atoms with Crippen LogP contribution in [0, 0.1) is 6.92 Å². The van der Waals surface area contributed by atoms with E-state index in [1.165, 1.54) is 5.56 Å². The first-order chi connectivity index (χ1) is 12.7. The van der Waals surface area contributed by atoms with Gasteiger partial charge >= 0.3 is 0 Å². The van der Waals surface area contributed by atoms with Crippen LogP contribution in [0.5, 0.6) is 11.5 Å². The van der Waals surface area contributed by atoms with Gasteiger partial charge in [0.15, 0.2) is 11.5 Å². The molecule has 2 aromatic carbocycles. The average Bonchev–Trinajstić information content (AvgIpc) is 3.26. The number of thiophene rings is 1. The Bertz CT molecular complexity index is 1130. The molecule has 0 spiro atoms. The van der Waals surface area contributed by atoms with Crippen LogP contribution in [0.3, 0.4) is 0 Å². The third-order valence-corrected chi connectivity index (χ3v) is 5.74. The number of fused-ring (bicyclic) bond motifs is 2. The molecule has 0 saturated heterocycles. The molecule has 0 radical (unpaired) electrons. The highest BCUT2D eigenvalue weighted by Gasteiger charge is 2.16. The predicted octanol–water partition coefficient (Wildman–Crippen LogP) is 5.25. The number of benzene rings is 2. The Morgan fingerprint density at radius 1 is 0.923 bits per heavy atom. The van der Waals surface area contributed by atoms with Crippen LogP contribution in [0.1, 0.15) is 5.56 Å². The van der Waals surface area contributed by atoms with Gasteiger partial charge in [0, 0.05) is 10.9 Å². The monoisotopic (exact) mass is 360 g/mol. The molecule has 0 amide bonds. The van der Waals surface area contributed by atoms with Crippen molar-refractivity contribution in [2.24, 2.45) is 0 Å². The van der Waals surface area contributed by atoms with Gasteiger partial charge in [0.05, 0.1) is 16.3 Å². The molecule has 0 atom stereocenters. The number of anilines is 1. The van der Waals surface area contributed by atoms with Crippen molar-refractivity contribution in [3.8, 4) is 33.2 Å². The van der Waals surface area contributed by atoms with E-state index >= 15 is 0 Å². The first kappa shape index (κ1) is 15.2. The minimum atomic E-state index is 0.270. The van der Waals surface area contributed by atoms with Crippen molar-refractivity contribution in [1.82, 2.24) is 4.98 Å². The molecule has 0 aliphatic carbocycles. The summed E-state index contributed by atoms with van der Waals surface area (Å²) < 4.78 is 10.9. The summed E-state index contributed by atoms with van der Waals surface area (Å²) in [5.41, 5.74) is 11.5. The third kappa shape index (κ3) is 2.40. The van der Waals surface area contributed by atoms with E-state index in [9.17, 15) is 0 Å².